The normalized spacial score (nSPS) is 20.3. The van der Waals surface area contributed by atoms with E-state index < -0.39 is 30.0 Å². The predicted molar refractivity (Wildman–Crippen MR) is 390 cm³/mol. The van der Waals surface area contributed by atoms with E-state index >= 15 is 0 Å². The number of ether oxygens (including phenoxy) is 2. The van der Waals surface area contributed by atoms with Crippen LogP contribution in [0.2, 0.25) is 0 Å². The zero-order valence-corrected chi connectivity index (χ0v) is 62.1. The fourth-order valence-corrected chi connectivity index (χ4v) is 13.7. The Morgan fingerprint density at radius 1 is 0.573 bits per heavy atom. The van der Waals surface area contributed by atoms with Gasteiger partial charge in [0.15, 0.2) is 0 Å². The van der Waals surface area contributed by atoms with Gasteiger partial charge >= 0.3 is 29.6 Å². The van der Waals surface area contributed by atoms with E-state index in [1.165, 1.54) is 68.6 Å². The van der Waals surface area contributed by atoms with Crippen LogP contribution in [0.4, 0.5) is 11.4 Å². The molecule has 25 nitrogen and oxygen atoms in total. The minimum Gasteiger partial charge on any atom is -0.702 e. The number of hydrogen-bond acceptors (Lipinski definition) is 20. The van der Waals surface area contributed by atoms with Crippen LogP contribution in [-0.4, -0.2) is 206 Å². The van der Waals surface area contributed by atoms with Crippen molar-refractivity contribution in [2.75, 3.05) is 95.0 Å². The fourth-order valence-electron chi connectivity index (χ4n) is 13.7. The van der Waals surface area contributed by atoms with Crippen molar-refractivity contribution in [3.63, 3.8) is 0 Å². The first-order valence-corrected chi connectivity index (χ1v) is 35.2. The van der Waals surface area contributed by atoms with Gasteiger partial charge in [-0.1, -0.05) is 91.8 Å². The Balaban J connectivity index is 0.000000293. The van der Waals surface area contributed by atoms with Gasteiger partial charge in [-0.05, 0) is 128 Å². The number of anilines is 2. The van der Waals surface area contributed by atoms with Crippen molar-refractivity contribution in [3.8, 4) is 11.5 Å². The summed E-state index contributed by atoms with van der Waals surface area (Å²) in [5.74, 6) is -1.11. The summed E-state index contributed by atoms with van der Waals surface area (Å²) >= 11 is 0. The van der Waals surface area contributed by atoms with Crippen LogP contribution < -0.4 is 64.8 Å². The largest absolute Gasteiger partial charge is 1.00 e. The summed E-state index contributed by atoms with van der Waals surface area (Å²) in [5, 5.41) is 15.6. The number of carboxylic acids is 1. The predicted octanol–water partition coefficient (Wildman–Crippen LogP) is 4.81. The number of aldehydes is 1. The second-order valence-electron chi connectivity index (χ2n) is 27.2. The van der Waals surface area contributed by atoms with Crippen molar-refractivity contribution in [2.45, 2.75) is 178 Å². The van der Waals surface area contributed by atoms with Gasteiger partial charge in [-0.25, -0.2) is 0 Å². The van der Waals surface area contributed by atoms with Crippen LogP contribution in [0, 0.1) is 11.8 Å². The monoisotopic (exact) mass is 1430 g/mol. The zero-order chi connectivity index (χ0) is 71.8. The van der Waals surface area contributed by atoms with E-state index in [4.69, 9.17) is 19.4 Å². The van der Waals surface area contributed by atoms with Crippen LogP contribution in [0.1, 0.15) is 170 Å². The van der Waals surface area contributed by atoms with Crippen molar-refractivity contribution >= 4 is 78.7 Å². The number of benzene rings is 4. The second-order valence-corrected chi connectivity index (χ2v) is 27.2. The summed E-state index contributed by atoms with van der Waals surface area (Å²) in [6, 6.07) is 28.3. The van der Waals surface area contributed by atoms with Crippen LogP contribution in [0.5, 0.6) is 11.5 Å². The molecule has 4 aromatic rings. The third kappa shape index (κ3) is 25.8. The molecule has 8 aliphatic heterocycles. The van der Waals surface area contributed by atoms with E-state index in [9.17, 15) is 43.2 Å². The Bertz CT molecular complexity index is 3480. The SMILES string of the molecule is C.C.CC(=O)O.CC(=O)O[B-]OC(C)=O.CC(C)C=O.CC(C)CN1CCN(c2ccccc2CN2CCCC[C@@H]2COc2ccc3c(c2)CN(C2CCC(=O)NC2=O)C3=O)CC1.O=C1CCC(N2Cc3cc(OC[C@H]4CCCCN4Cc4ccccc4N4CCNCC4)ccc3C2=O)C(=O)N1.[Na+]. The summed E-state index contributed by atoms with van der Waals surface area (Å²) in [6.45, 7) is 27.3. The molecule has 8 heterocycles. The molecule has 6 amide bonds. The topological polar surface area (TPSA) is 287 Å². The number of carbonyl (C=O) groups is 10. The van der Waals surface area contributed by atoms with Gasteiger partial charge in [0.05, 0.1) is 0 Å². The van der Waals surface area contributed by atoms with Gasteiger partial charge in [0.1, 0.15) is 50.8 Å². The van der Waals surface area contributed by atoms with E-state index in [1.807, 2.05) is 44.2 Å². The maximum atomic E-state index is 13.1. The molecule has 8 aliphatic rings. The fraction of sp³-hybridized carbons (Fsp3) is 0.553. The molecule has 4 aromatic carbocycles. The summed E-state index contributed by atoms with van der Waals surface area (Å²) in [5.41, 5.74) is 8.41. The van der Waals surface area contributed by atoms with Crippen molar-refractivity contribution in [1.82, 2.24) is 40.4 Å². The Morgan fingerprint density at radius 3 is 1.37 bits per heavy atom. The molecule has 0 aliphatic carbocycles. The number of piperidine rings is 4. The number of para-hydroxylation sites is 2. The number of hydrogen-bond donors (Lipinski definition) is 4. The average molecular weight is 1440 g/mol. The maximum absolute atomic E-state index is 13.1. The van der Waals surface area contributed by atoms with Crippen LogP contribution in [0.15, 0.2) is 84.9 Å². The molecule has 556 valence electrons. The number of amides is 6. The minimum atomic E-state index is -0.833. The molecule has 0 spiro atoms. The number of rotatable bonds is 19. The second kappa shape index (κ2) is 42.9. The number of imide groups is 2. The quantitative estimate of drug-likeness (QED) is 0.0557. The van der Waals surface area contributed by atoms with Crippen molar-refractivity contribution in [3.05, 3.63) is 118 Å². The molecule has 0 bridgehead atoms. The number of likely N-dealkylation sites (tertiary alicyclic amines) is 2. The number of piperazine rings is 2. The van der Waals surface area contributed by atoms with Gasteiger partial charge in [0.2, 0.25) is 23.6 Å². The van der Waals surface area contributed by atoms with Gasteiger partial charge < -0.3 is 53.6 Å². The molecular formula is C76H108BN10NaO15. The average Bonchev–Trinajstić information content (AvgIpc) is 1.59. The van der Waals surface area contributed by atoms with Gasteiger partial charge in [-0.15, -0.1) is 0 Å². The molecule has 0 aromatic heterocycles. The third-order valence-corrected chi connectivity index (χ3v) is 18.6. The molecule has 0 saturated carbocycles. The Morgan fingerprint density at radius 2 is 0.981 bits per heavy atom. The Hall–Kier alpha value is -7.72. The summed E-state index contributed by atoms with van der Waals surface area (Å²) in [6.07, 6.45) is 9.14. The van der Waals surface area contributed by atoms with Crippen molar-refractivity contribution in [1.29, 1.82) is 0 Å². The Labute approximate surface area is 631 Å². The molecule has 12 rings (SSSR count). The van der Waals surface area contributed by atoms with Crippen molar-refractivity contribution < 1.29 is 101 Å². The minimum absolute atomic E-state index is 0. The number of fused-ring (bicyclic) bond motifs is 2. The Kier molecular flexibility index (Phi) is 35.8. The summed E-state index contributed by atoms with van der Waals surface area (Å²) in [7, 11) is 0.699. The molecule has 6 fully saturated rings. The first kappa shape index (κ1) is 85.9. The smallest absolute Gasteiger partial charge is 0.702 e. The number of aliphatic carboxylic acids is 1. The van der Waals surface area contributed by atoms with Gasteiger partial charge in [-0.3, -0.25) is 68.5 Å². The van der Waals surface area contributed by atoms with E-state index in [-0.39, 0.29) is 98.6 Å². The number of carbonyl (C=O) groups excluding carboxylic acids is 9. The summed E-state index contributed by atoms with van der Waals surface area (Å²) < 4.78 is 21.0. The van der Waals surface area contributed by atoms with Crippen LogP contribution in [0.3, 0.4) is 0 Å². The molecule has 2 radical (unpaired) electrons. The molecule has 4 atom stereocenters. The van der Waals surface area contributed by atoms with Gasteiger partial charge in [0.25, 0.3) is 29.7 Å². The molecule has 27 heteroatoms. The van der Waals surface area contributed by atoms with Gasteiger partial charge in [0, 0.05) is 159 Å². The van der Waals surface area contributed by atoms with E-state index in [0.717, 1.165) is 127 Å². The first-order chi connectivity index (χ1) is 48.0. The number of nitrogens with zero attached hydrogens (tertiary/aromatic N) is 7. The summed E-state index contributed by atoms with van der Waals surface area (Å²) in [4.78, 5) is 128. The molecule has 6 saturated heterocycles. The third-order valence-electron chi connectivity index (χ3n) is 18.6. The molecule has 4 N–H and O–H groups in total. The van der Waals surface area contributed by atoms with Gasteiger partial charge in [-0.2, -0.15) is 0 Å². The number of nitrogens with one attached hydrogen (secondary N) is 3. The van der Waals surface area contributed by atoms with E-state index in [1.54, 1.807) is 15.9 Å². The van der Waals surface area contributed by atoms with Crippen LogP contribution >= 0.6 is 0 Å². The van der Waals surface area contributed by atoms with E-state index in [0.29, 0.717) is 76.0 Å². The molecule has 2 unspecified atom stereocenters. The molecular weight excluding hydrogens is 1330 g/mol. The number of carboxylic acid groups (broad SMARTS) is 1. The maximum Gasteiger partial charge on any atom is 1.00 e. The van der Waals surface area contributed by atoms with E-state index in [2.05, 4.69) is 112 Å². The standard InChI is InChI=1S/C34H45N5O4.C30H37N5O4.C4H6BO4.C4H8O.C2H4O2.2CH4.Na/c1-24(2)20-36-15-17-37(18-16-36)30-9-4-3-7-25(30)21-38-14-6-5-8-27(38)23-43-28-10-11-29-26(19-28)22-39(34(29)42)31-12-13-32(40)35-33(31)41;36-28-11-10-27(29(37)32-28)35-19-22-17-24(8-9-25(22)30(35)38)39-20-23-6-3-4-14-34(23)18-21-5-1-2-7-26(21)33-15-12-31-13-16-33;1-3(6)8-5-9-4(2)7;1-4(2)3-5;1-2(3)4;;;/h3-4,7,9-11,19,24,27,31H,5-6,8,12-18,20-23H2,1-2H3,(H,35,40,41);1-2,5,7-9,17,23,27,31H,3-4,6,10-16,18-20H2,(H,32,36,37);1-2H3;3-4H,1-2H3;1H3,(H,3,4);2*1H4;/q;;-1;;;;;+1/t27-,31?;23-,27?;;;;;;/m11....../s1. The molecule has 103 heavy (non-hydrogen) atoms. The zero-order valence-electron chi connectivity index (χ0n) is 60.1. The van der Waals surface area contributed by atoms with Crippen LogP contribution in [-0.2, 0) is 73.8 Å². The van der Waals surface area contributed by atoms with Crippen LogP contribution in [0.25, 0.3) is 0 Å². The van der Waals surface area contributed by atoms with Crippen molar-refractivity contribution in [2.24, 2.45) is 11.8 Å². The first-order valence-electron chi connectivity index (χ1n) is 35.2.